The second-order valence-electron chi connectivity index (χ2n) is 2.98. The molecule has 1 radical (unpaired) electrons. The zero-order chi connectivity index (χ0) is 9.64. The van der Waals surface area contributed by atoms with Crippen LogP contribution >= 0.6 is 0 Å². The molecule has 0 aliphatic rings. The molecule has 2 aromatic carbocycles. The first-order chi connectivity index (χ1) is 6.95. The Balaban J connectivity index is 0.00000112. The summed E-state index contributed by atoms with van der Waals surface area (Å²) < 4.78 is 0. The number of benzene rings is 2. The molecule has 0 unspecified atom stereocenters. The van der Waals surface area contributed by atoms with Crippen LogP contribution in [-0.2, 0) is 22.4 Å². The summed E-state index contributed by atoms with van der Waals surface area (Å²) in [5.74, 6) is 6.22. The third kappa shape index (κ3) is 3.77. The van der Waals surface area contributed by atoms with Crippen molar-refractivity contribution in [3.63, 3.8) is 0 Å². The van der Waals surface area contributed by atoms with Gasteiger partial charge in [-0.25, -0.2) is 0 Å². The quantitative estimate of drug-likeness (QED) is 0.516. The zero-order valence-corrected chi connectivity index (χ0v) is 9.56. The standard InChI is InChI=1S/C14H10.Ag/c1-3-7-13(8-4-1)11-12-14-9-5-2-6-10-14;/h1-10H;. The molecule has 0 fully saturated rings. The van der Waals surface area contributed by atoms with Gasteiger partial charge in [0.05, 0.1) is 0 Å². The van der Waals surface area contributed by atoms with Gasteiger partial charge in [0.1, 0.15) is 0 Å². The molecule has 0 saturated carbocycles. The van der Waals surface area contributed by atoms with E-state index >= 15 is 0 Å². The third-order valence-corrected chi connectivity index (χ3v) is 1.90. The van der Waals surface area contributed by atoms with Gasteiger partial charge in [-0.3, -0.25) is 0 Å². The molecule has 77 valence electrons. The van der Waals surface area contributed by atoms with Gasteiger partial charge in [-0.1, -0.05) is 48.2 Å². The molecule has 0 spiro atoms. The van der Waals surface area contributed by atoms with E-state index in [1.807, 2.05) is 60.7 Å². The second kappa shape index (κ2) is 6.27. The van der Waals surface area contributed by atoms with Crippen LogP contribution in [0, 0.1) is 11.8 Å². The molecule has 0 nitrogen and oxygen atoms in total. The summed E-state index contributed by atoms with van der Waals surface area (Å²) in [5.41, 5.74) is 2.10. The van der Waals surface area contributed by atoms with Crippen LogP contribution in [0.25, 0.3) is 0 Å². The Hall–Kier alpha value is -1.26. The fourth-order valence-electron chi connectivity index (χ4n) is 1.19. The monoisotopic (exact) mass is 285 g/mol. The van der Waals surface area contributed by atoms with Crippen LogP contribution in [0.2, 0.25) is 0 Å². The molecule has 0 aliphatic heterocycles. The number of hydrogen-bond donors (Lipinski definition) is 0. The minimum absolute atomic E-state index is 0. The van der Waals surface area contributed by atoms with Gasteiger partial charge in [-0.2, -0.15) is 0 Å². The van der Waals surface area contributed by atoms with Gasteiger partial charge in [0.2, 0.25) is 0 Å². The summed E-state index contributed by atoms with van der Waals surface area (Å²) in [6.45, 7) is 0. The van der Waals surface area contributed by atoms with Gasteiger partial charge in [0.25, 0.3) is 0 Å². The molecule has 0 aliphatic carbocycles. The number of hydrogen-bond acceptors (Lipinski definition) is 0. The molecule has 2 aromatic rings. The fraction of sp³-hybridized carbons (Fsp3) is 0. The van der Waals surface area contributed by atoms with E-state index in [2.05, 4.69) is 11.8 Å². The Morgan fingerprint density at radius 3 is 1.20 bits per heavy atom. The van der Waals surface area contributed by atoms with Crippen molar-refractivity contribution >= 4 is 0 Å². The first kappa shape index (κ1) is 11.8. The van der Waals surface area contributed by atoms with E-state index in [0.717, 1.165) is 11.1 Å². The Morgan fingerprint density at radius 2 is 0.867 bits per heavy atom. The van der Waals surface area contributed by atoms with Crippen LogP contribution in [0.3, 0.4) is 0 Å². The van der Waals surface area contributed by atoms with Crippen molar-refractivity contribution in [1.29, 1.82) is 0 Å². The van der Waals surface area contributed by atoms with E-state index in [1.165, 1.54) is 0 Å². The van der Waals surface area contributed by atoms with Crippen LogP contribution in [0.15, 0.2) is 60.7 Å². The van der Waals surface area contributed by atoms with E-state index in [0.29, 0.717) is 0 Å². The zero-order valence-electron chi connectivity index (χ0n) is 8.08. The SMILES string of the molecule is C(#Cc1ccccc1)c1ccccc1.[Ag]. The van der Waals surface area contributed by atoms with Crippen molar-refractivity contribution in [2.24, 2.45) is 0 Å². The maximum Gasteiger partial charge on any atom is 0.0249 e. The molecule has 0 aromatic heterocycles. The van der Waals surface area contributed by atoms with Crippen LogP contribution in [0.5, 0.6) is 0 Å². The van der Waals surface area contributed by atoms with E-state index in [-0.39, 0.29) is 22.4 Å². The van der Waals surface area contributed by atoms with Gasteiger partial charge in [-0.15, -0.1) is 0 Å². The molecule has 0 N–H and O–H groups in total. The minimum atomic E-state index is 0. The van der Waals surface area contributed by atoms with Crippen molar-refractivity contribution in [2.45, 2.75) is 0 Å². The number of rotatable bonds is 0. The van der Waals surface area contributed by atoms with Gasteiger partial charge in [-0.05, 0) is 24.3 Å². The van der Waals surface area contributed by atoms with Crippen molar-refractivity contribution in [1.82, 2.24) is 0 Å². The molecule has 0 bridgehead atoms. The normalized spacial score (nSPS) is 8.27. The van der Waals surface area contributed by atoms with Crippen molar-refractivity contribution < 1.29 is 22.4 Å². The third-order valence-electron chi connectivity index (χ3n) is 1.90. The Morgan fingerprint density at radius 1 is 0.533 bits per heavy atom. The largest absolute Gasteiger partial charge is 0.0622 e. The van der Waals surface area contributed by atoms with E-state index in [9.17, 15) is 0 Å². The summed E-state index contributed by atoms with van der Waals surface area (Å²) in [6.07, 6.45) is 0. The summed E-state index contributed by atoms with van der Waals surface area (Å²) >= 11 is 0. The van der Waals surface area contributed by atoms with Crippen LogP contribution in [0.1, 0.15) is 11.1 Å². The fourth-order valence-corrected chi connectivity index (χ4v) is 1.19. The predicted octanol–water partition coefficient (Wildman–Crippen LogP) is 3.08. The van der Waals surface area contributed by atoms with Crippen LogP contribution in [0.4, 0.5) is 0 Å². The first-order valence-corrected chi connectivity index (χ1v) is 4.57. The summed E-state index contributed by atoms with van der Waals surface area (Å²) in [5, 5.41) is 0. The molecular formula is C14H10Ag. The molecule has 0 atom stereocenters. The second-order valence-corrected chi connectivity index (χ2v) is 2.98. The molecular weight excluding hydrogens is 276 g/mol. The Labute approximate surface area is 106 Å². The topological polar surface area (TPSA) is 0 Å². The average Bonchev–Trinajstić information content (AvgIpc) is 2.29. The molecule has 0 amide bonds. The predicted molar refractivity (Wildman–Crippen MR) is 58.9 cm³/mol. The van der Waals surface area contributed by atoms with Crippen molar-refractivity contribution in [2.75, 3.05) is 0 Å². The van der Waals surface area contributed by atoms with E-state index in [1.54, 1.807) is 0 Å². The van der Waals surface area contributed by atoms with Gasteiger partial charge in [0.15, 0.2) is 0 Å². The average molecular weight is 286 g/mol. The smallest absolute Gasteiger partial charge is 0.0249 e. The summed E-state index contributed by atoms with van der Waals surface area (Å²) in [4.78, 5) is 0. The maximum absolute atomic E-state index is 3.11. The molecule has 0 saturated heterocycles. The van der Waals surface area contributed by atoms with Crippen molar-refractivity contribution in [3.05, 3.63) is 71.8 Å². The van der Waals surface area contributed by atoms with Crippen LogP contribution in [-0.4, -0.2) is 0 Å². The van der Waals surface area contributed by atoms with Gasteiger partial charge >= 0.3 is 0 Å². The molecule has 0 heterocycles. The Kier molecular flexibility index (Phi) is 4.93. The summed E-state index contributed by atoms with van der Waals surface area (Å²) in [6, 6.07) is 20.0. The van der Waals surface area contributed by atoms with Crippen molar-refractivity contribution in [3.8, 4) is 11.8 Å². The molecule has 15 heavy (non-hydrogen) atoms. The maximum atomic E-state index is 3.11. The molecule has 1 heteroatoms. The summed E-state index contributed by atoms with van der Waals surface area (Å²) in [7, 11) is 0. The van der Waals surface area contributed by atoms with Gasteiger partial charge in [0, 0.05) is 33.5 Å². The van der Waals surface area contributed by atoms with Crippen LogP contribution < -0.4 is 0 Å². The van der Waals surface area contributed by atoms with E-state index < -0.39 is 0 Å². The Bertz CT molecular complexity index is 405. The minimum Gasteiger partial charge on any atom is -0.0622 e. The molecule has 2 rings (SSSR count). The van der Waals surface area contributed by atoms with E-state index in [4.69, 9.17) is 0 Å². The van der Waals surface area contributed by atoms with Gasteiger partial charge < -0.3 is 0 Å². The first-order valence-electron chi connectivity index (χ1n) is 4.57.